The molecular weight excluding hydrogens is 459 g/mol. The standard InChI is InChI=1S/C26H26F3N3O3/c1-13(2)24-20(14-6-8-26(35-3,9-7-14)25(33)34)21-19(10-15-12-30-31-23(15)22(21)29)32(24)16-4-5-17(27)18(28)11-16/h4-5,10-14H,6-9H2,1-3H3,(H,30,31)(H,33,34)/t14-,26+. The molecule has 0 saturated heterocycles. The molecule has 2 aromatic carbocycles. The van der Waals surface area contributed by atoms with E-state index in [9.17, 15) is 18.7 Å². The maximum Gasteiger partial charge on any atom is 0.335 e. The number of rotatable bonds is 5. The highest BCUT2D eigenvalue weighted by Crippen LogP contribution is 2.48. The number of nitrogens with zero attached hydrogens (tertiary/aromatic N) is 2. The maximum absolute atomic E-state index is 16.0. The number of carboxylic acid groups (broad SMARTS) is 1. The zero-order chi connectivity index (χ0) is 25.1. The number of hydrogen-bond acceptors (Lipinski definition) is 3. The van der Waals surface area contributed by atoms with Gasteiger partial charge in [0.15, 0.2) is 23.1 Å². The van der Waals surface area contributed by atoms with E-state index >= 15 is 4.39 Å². The molecular formula is C26H26F3N3O3. The highest BCUT2D eigenvalue weighted by atomic mass is 19.2. The Labute approximate surface area is 199 Å². The monoisotopic (exact) mass is 485 g/mol. The Bertz CT molecular complexity index is 1450. The van der Waals surface area contributed by atoms with Crippen molar-refractivity contribution >= 4 is 27.8 Å². The van der Waals surface area contributed by atoms with Crippen LogP contribution in [0.5, 0.6) is 0 Å². The molecule has 0 spiro atoms. The normalized spacial score (nSPS) is 20.8. The number of methoxy groups -OCH3 is 1. The number of carbonyl (C=O) groups is 1. The van der Waals surface area contributed by atoms with E-state index in [1.165, 1.54) is 19.4 Å². The van der Waals surface area contributed by atoms with Gasteiger partial charge in [-0.1, -0.05) is 13.8 Å². The second-order valence-electron chi connectivity index (χ2n) is 9.58. The van der Waals surface area contributed by atoms with Gasteiger partial charge in [0.05, 0.1) is 11.7 Å². The molecule has 184 valence electrons. The van der Waals surface area contributed by atoms with Crippen molar-refractivity contribution in [1.29, 1.82) is 0 Å². The van der Waals surface area contributed by atoms with Gasteiger partial charge < -0.3 is 14.4 Å². The second kappa shape index (κ2) is 8.41. The number of carboxylic acids is 1. The summed E-state index contributed by atoms with van der Waals surface area (Å²) in [6.07, 6.45) is 3.06. The molecule has 0 atom stereocenters. The van der Waals surface area contributed by atoms with Crippen molar-refractivity contribution in [2.24, 2.45) is 0 Å². The lowest BCUT2D eigenvalue weighted by atomic mass is 9.74. The van der Waals surface area contributed by atoms with Crippen molar-refractivity contribution in [3.05, 3.63) is 59.2 Å². The first-order valence-corrected chi connectivity index (χ1v) is 11.6. The van der Waals surface area contributed by atoms with Crippen LogP contribution < -0.4 is 0 Å². The summed E-state index contributed by atoms with van der Waals surface area (Å²) in [6.45, 7) is 3.94. The Balaban J connectivity index is 1.80. The van der Waals surface area contributed by atoms with Crippen LogP contribution in [0.3, 0.4) is 0 Å². The van der Waals surface area contributed by atoms with Crippen molar-refractivity contribution in [3.8, 4) is 5.69 Å². The Hall–Kier alpha value is -3.33. The van der Waals surface area contributed by atoms with E-state index in [2.05, 4.69) is 10.2 Å². The first-order chi connectivity index (χ1) is 16.7. The van der Waals surface area contributed by atoms with E-state index < -0.39 is 29.0 Å². The second-order valence-corrected chi connectivity index (χ2v) is 9.58. The number of nitrogens with one attached hydrogen (secondary N) is 1. The third-order valence-electron chi connectivity index (χ3n) is 7.37. The van der Waals surface area contributed by atoms with Crippen molar-refractivity contribution < 1.29 is 27.8 Å². The van der Waals surface area contributed by atoms with Crippen LogP contribution in [0, 0.1) is 17.5 Å². The van der Waals surface area contributed by atoms with Crippen LogP contribution in [0.2, 0.25) is 0 Å². The SMILES string of the molecule is CO[C@]1(C(=O)O)CC[C@H](c2c(C(C)C)n(-c3ccc(F)c(F)c3)c3cc4cn[nH]c4c(F)c32)CC1. The van der Waals surface area contributed by atoms with E-state index in [0.29, 0.717) is 34.8 Å². The number of halogens is 3. The number of aromatic nitrogens is 3. The van der Waals surface area contributed by atoms with Crippen LogP contribution in [0.1, 0.15) is 62.6 Å². The van der Waals surface area contributed by atoms with Gasteiger partial charge in [0.2, 0.25) is 0 Å². The number of benzene rings is 2. The topological polar surface area (TPSA) is 80.1 Å². The molecule has 2 aromatic heterocycles. The van der Waals surface area contributed by atoms with Crippen molar-refractivity contribution in [2.45, 2.75) is 57.0 Å². The lowest BCUT2D eigenvalue weighted by Gasteiger charge is -2.36. The number of fused-ring (bicyclic) bond motifs is 2. The summed E-state index contributed by atoms with van der Waals surface area (Å²) in [5.74, 6) is -3.65. The predicted octanol–water partition coefficient (Wildman–Crippen LogP) is 6.17. The van der Waals surface area contributed by atoms with Crippen LogP contribution in [-0.2, 0) is 9.53 Å². The van der Waals surface area contributed by atoms with Gasteiger partial charge in [-0.2, -0.15) is 5.10 Å². The maximum atomic E-state index is 16.0. The zero-order valence-corrected chi connectivity index (χ0v) is 19.7. The van der Waals surface area contributed by atoms with Crippen LogP contribution >= 0.6 is 0 Å². The molecule has 5 rings (SSSR count). The summed E-state index contributed by atoms with van der Waals surface area (Å²) < 4.78 is 51.3. The van der Waals surface area contributed by atoms with Gasteiger partial charge in [-0.25, -0.2) is 18.0 Å². The van der Waals surface area contributed by atoms with Crippen LogP contribution in [0.15, 0.2) is 30.5 Å². The van der Waals surface area contributed by atoms with Gasteiger partial charge in [-0.05, 0) is 61.3 Å². The molecule has 4 aromatic rings. The minimum atomic E-state index is -1.26. The Morgan fingerprint density at radius 2 is 1.91 bits per heavy atom. The Morgan fingerprint density at radius 1 is 1.20 bits per heavy atom. The molecule has 0 radical (unpaired) electrons. The molecule has 0 amide bonds. The third-order valence-corrected chi connectivity index (χ3v) is 7.37. The summed E-state index contributed by atoms with van der Waals surface area (Å²) in [6, 6.07) is 5.45. The van der Waals surface area contributed by atoms with Gasteiger partial charge in [0.1, 0.15) is 5.52 Å². The van der Waals surface area contributed by atoms with Gasteiger partial charge in [-0.3, -0.25) is 5.10 Å². The molecule has 1 aliphatic carbocycles. The first-order valence-electron chi connectivity index (χ1n) is 11.6. The Morgan fingerprint density at radius 3 is 2.51 bits per heavy atom. The van der Waals surface area contributed by atoms with Crippen LogP contribution in [0.25, 0.3) is 27.5 Å². The van der Waals surface area contributed by atoms with Crippen LogP contribution in [0.4, 0.5) is 13.2 Å². The van der Waals surface area contributed by atoms with Crippen molar-refractivity contribution in [2.75, 3.05) is 7.11 Å². The quantitative estimate of drug-likeness (QED) is 0.354. The molecule has 1 saturated carbocycles. The predicted molar refractivity (Wildman–Crippen MR) is 125 cm³/mol. The molecule has 1 fully saturated rings. The summed E-state index contributed by atoms with van der Waals surface area (Å²) in [5, 5.41) is 17.4. The molecule has 0 bridgehead atoms. The van der Waals surface area contributed by atoms with Crippen molar-refractivity contribution in [1.82, 2.24) is 14.8 Å². The van der Waals surface area contributed by atoms with E-state index in [0.717, 1.165) is 23.4 Å². The number of H-pyrrole nitrogens is 1. The fourth-order valence-electron chi connectivity index (χ4n) is 5.61. The summed E-state index contributed by atoms with van der Waals surface area (Å²) in [4.78, 5) is 11.9. The van der Waals surface area contributed by atoms with Crippen molar-refractivity contribution in [3.63, 3.8) is 0 Å². The highest BCUT2D eigenvalue weighted by Gasteiger charge is 2.44. The average Bonchev–Trinajstić information content (AvgIpc) is 3.44. The van der Waals surface area contributed by atoms with E-state index in [4.69, 9.17) is 4.74 Å². The fraction of sp³-hybridized carbons (Fsp3) is 0.385. The van der Waals surface area contributed by atoms with E-state index in [1.807, 2.05) is 13.8 Å². The molecule has 9 heteroatoms. The minimum absolute atomic E-state index is 0.0880. The summed E-state index contributed by atoms with van der Waals surface area (Å²) in [5.41, 5.74) is 1.48. The first kappa shape index (κ1) is 23.4. The molecule has 35 heavy (non-hydrogen) atoms. The summed E-state index contributed by atoms with van der Waals surface area (Å²) in [7, 11) is 1.40. The lowest BCUT2D eigenvalue weighted by Crippen LogP contribution is -2.43. The average molecular weight is 486 g/mol. The molecule has 0 unspecified atom stereocenters. The smallest absolute Gasteiger partial charge is 0.335 e. The number of aromatic amines is 1. The highest BCUT2D eigenvalue weighted by molar-refractivity contribution is 5.99. The molecule has 0 aliphatic heterocycles. The zero-order valence-electron chi connectivity index (χ0n) is 19.7. The fourth-order valence-corrected chi connectivity index (χ4v) is 5.61. The number of aliphatic carboxylic acids is 1. The molecule has 6 nitrogen and oxygen atoms in total. The largest absolute Gasteiger partial charge is 0.479 e. The third kappa shape index (κ3) is 3.52. The minimum Gasteiger partial charge on any atom is -0.479 e. The van der Waals surface area contributed by atoms with E-state index in [1.54, 1.807) is 10.6 Å². The number of ether oxygens (including phenoxy) is 1. The lowest BCUT2D eigenvalue weighted by molar-refractivity contribution is -0.166. The van der Waals surface area contributed by atoms with E-state index in [-0.39, 0.29) is 30.2 Å². The van der Waals surface area contributed by atoms with Gasteiger partial charge in [-0.15, -0.1) is 0 Å². The van der Waals surface area contributed by atoms with Gasteiger partial charge >= 0.3 is 5.97 Å². The number of hydrogen-bond donors (Lipinski definition) is 2. The van der Waals surface area contributed by atoms with Gasteiger partial charge in [0.25, 0.3) is 0 Å². The molecule has 2 N–H and O–H groups in total. The molecule has 2 heterocycles. The van der Waals surface area contributed by atoms with Gasteiger partial charge in [0, 0.05) is 35.3 Å². The van der Waals surface area contributed by atoms with Crippen LogP contribution in [-0.4, -0.2) is 38.6 Å². The summed E-state index contributed by atoms with van der Waals surface area (Å²) >= 11 is 0. The molecule has 1 aliphatic rings. The Kier molecular flexibility index (Phi) is 5.62.